The maximum Gasteiger partial charge on any atom is 0.401 e. The summed E-state index contributed by atoms with van der Waals surface area (Å²) >= 11 is 0. The number of hydrogen-bond donors (Lipinski definition) is 0. The average molecular weight is 352 g/mol. The molecule has 26 heavy (non-hydrogen) atoms. The number of benzene rings is 2. The van der Waals surface area contributed by atoms with Crippen molar-refractivity contribution >= 4 is 17.8 Å². The number of hydroxylamine groups is 2. The molecule has 0 saturated carbocycles. The fraction of sp³-hybridized carbons (Fsp3) is 0. The highest BCUT2D eigenvalue weighted by Gasteiger charge is 2.39. The zero-order chi connectivity index (χ0) is 18.3. The summed E-state index contributed by atoms with van der Waals surface area (Å²) in [6.07, 6.45) is 0. The topological polar surface area (TPSA) is 89.7 Å². The Kier molecular flexibility index (Phi) is 3.58. The van der Waals surface area contributed by atoms with E-state index < -0.39 is 23.6 Å². The Morgan fingerprint density at radius 1 is 1.00 bits per heavy atom. The molecule has 0 fully saturated rings. The minimum absolute atomic E-state index is 0.142. The van der Waals surface area contributed by atoms with E-state index in [4.69, 9.17) is 9.36 Å². The molecule has 128 valence electrons. The van der Waals surface area contributed by atoms with Crippen molar-refractivity contribution in [2.45, 2.75) is 0 Å². The van der Waals surface area contributed by atoms with Crippen molar-refractivity contribution in [2.24, 2.45) is 0 Å². The first-order valence-electron chi connectivity index (χ1n) is 7.47. The lowest BCUT2D eigenvalue weighted by molar-refractivity contribution is -0.0607. The van der Waals surface area contributed by atoms with Gasteiger partial charge in [0.25, 0.3) is 11.8 Å². The second kappa shape index (κ2) is 5.92. The lowest BCUT2D eigenvalue weighted by Crippen LogP contribution is -2.32. The molecule has 2 heterocycles. The van der Waals surface area contributed by atoms with Crippen LogP contribution < -0.4 is 0 Å². The predicted molar refractivity (Wildman–Crippen MR) is 84.3 cm³/mol. The fourth-order valence-electron chi connectivity index (χ4n) is 2.53. The third kappa shape index (κ3) is 2.53. The molecular weight excluding hydrogens is 343 g/mol. The van der Waals surface area contributed by atoms with E-state index in [2.05, 4.69) is 5.16 Å². The van der Waals surface area contributed by atoms with Crippen LogP contribution in [0, 0.1) is 5.82 Å². The molecule has 0 N–H and O–H groups in total. The van der Waals surface area contributed by atoms with Gasteiger partial charge in [-0.15, -0.1) is 0 Å². The quantitative estimate of drug-likeness (QED) is 0.674. The molecule has 1 aliphatic heterocycles. The van der Waals surface area contributed by atoms with Crippen molar-refractivity contribution in [1.29, 1.82) is 0 Å². The molecule has 0 saturated heterocycles. The van der Waals surface area contributed by atoms with E-state index in [0.717, 1.165) is 0 Å². The van der Waals surface area contributed by atoms with Gasteiger partial charge in [0.15, 0.2) is 0 Å². The predicted octanol–water partition coefficient (Wildman–Crippen LogP) is 2.85. The molecule has 0 unspecified atom stereocenters. The van der Waals surface area contributed by atoms with E-state index in [1.54, 1.807) is 18.2 Å². The Bertz CT molecular complexity index is 1020. The first-order valence-corrected chi connectivity index (χ1v) is 7.47. The number of nitrogens with zero attached hydrogens (tertiary/aromatic N) is 2. The number of carbonyl (C=O) groups excluding carboxylic acids is 3. The summed E-state index contributed by atoms with van der Waals surface area (Å²) in [6, 6.07) is 12.9. The Labute approximate surface area is 145 Å². The molecule has 3 aromatic rings. The lowest BCUT2D eigenvalue weighted by Gasteiger charge is -2.10. The first kappa shape index (κ1) is 15.7. The second-order valence-electron chi connectivity index (χ2n) is 5.42. The highest BCUT2D eigenvalue weighted by molar-refractivity contribution is 6.21. The van der Waals surface area contributed by atoms with Crippen LogP contribution in [-0.4, -0.2) is 28.0 Å². The van der Waals surface area contributed by atoms with Gasteiger partial charge in [-0.2, -0.15) is 0 Å². The van der Waals surface area contributed by atoms with Gasteiger partial charge in [-0.3, -0.25) is 9.59 Å². The van der Waals surface area contributed by atoms with Crippen LogP contribution in [0.5, 0.6) is 0 Å². The van der Waals surface area contributed by atoms with E-state index in [0.29, 0.717) is 10.6 Å². The molecule has 8 heteroatoms. The number of hydrogen-bond acceptors (Lipinski definition) is 6. The summed E-state index contributed by atoms with van der Waals surface area (Å²) in [7, 11) is 0. The van der Waals surface area contributed by atoms with Crippen molar-refractivity contribution in [3.63, 3.8) is 0 Å². The van der Waals surface area contributed by atoms with Crippen LogP contribution in [0.3, 0.4) is 0 Å². The number of halogens is 1. The maximum absolute atomic E-state index is 13.3. The lowest BCUT2D eigenvalue weighted by atomic mass is 10.1. The van der Waals surface area contributed by atoms with Crippen LogP contribution in [-0.2, 0) is 4.84 Å². The molecule has 1 aromatic heterocycles. The van der Waals surface area contributed by atoms with Crippen molar-refractivity contribution in [1.82, 2.24) is 10.2 Å². The van der Waals surface area contributed by atoms with Crippen LogP contribution in [0.2, 0.25) is 0 Å². The molecule has 0 spiro atoms. The highest BCUT2D eigenvalue weighted by atomic mass is 19.1. The van der Waals surface area contributed by atoms with Gasteiger partial charge in [0, 0.05) is 11.6 Å². The van der Waals surface area contributed by atoms with Crippen molar-refractivity contribution in [2.75, 3.05) is 0 Å². The molecule has 0 radical (unpaired) electrons. The molecule has 7 nitrogen and oxygen atoms in total. The van der Waals surface area contributed by atoms with Crippen LogP contribution in [0.15, 0.2) is 59.1 Å². The van der Waals surface area contributed by atoms with Gasteiger partial charge in [0.05, 0.1) is 11.1 Å². The summed E-state index contributed by atoms with van der Waals surface area (Å²) in [4.78, 5) is 41.4. The van der Waals surface area contributed by atoms with Gasteiger partial charge in [0.2, 0.25) is 5.76 Å². The molecule has 2 amide bonds. The van der Waals surface area contributed by atoms with Gasteiger partial charge < -0.3 is 9.36 Å². The number of imide groups is 1. The largest absolute Gasteiger partial charge is 0.401 e. The molecule has 0 atom stereocenters. The minimum Gasteiger partial charge on any atom is -0.348 e. The number of carbonyl (C=O) groups is 3. The standard InChI is InChI=1S/C18H9FN2O5/c19-11-5-3-4-10(8-11)14-9-15(25-20-14)18(24)26-21-16(22)12-6-1-2-7-13(12)17(21)23/h1-9H. The zero-order valence-electron chi connectivity index (χ0n) is 13.0. The molecule has 0 bridgehead atoms. The Morgan fingerprint density at radius 3 is 2.35 bits per heavy atom. The van der Waals surface area contributed by atoms with Crippen molar-refractivity contribution in [3.8, 4) is 11.3 Å². The third-order valence-electron chi connectivity index (χ3n) is 3.76. The monoisotopic (exact) mass is 352 g/mol. The van der Waals surface area contributed by atoms with E-state index in [1.807, 2.05) is 0 Å². The number of fused-ring (bicyclic) bond motifs is 1. The van der Waals surface area contributed by atoms with Crippen LogP contribution >= 0.6 is 0 Å². The van der Waals surface area contributed by atoms with E-state index >= 15 is 0 Å². The Hall–Kier alpha value is -3.81. The van der Waals surface area contributed by atoms with Gasteiger partial charge in [-0.05, 0) is 24.3 Å². The molecule has 2 aromatic carbocycles. The van der Waals surface area contributed by atoms with Crippen LogP contribution in [0.1, 0.15) is 31.3 Å². The first-order chi connectivity index (χ1) is 12.5. The zero-order valence-corrected chi connectivity index (χ0v) is 13.0. The second-order valence-corrected chi connectivity index (χ2v) is 5.42. The summed E-state index contributed by atoms with van der Waals surface area (Å²) in [5.74, 6) is -3.37. The smallest absolute Gasteiger partial charge is 0.348 e. The minimum atomic E-state index is -1.07. The Balaban J connectivity index is 1.55. The molecular formula is C18H9FN2O5. The van der Waals surface area contributed by atoms with Gasteiger partial charge in [0.1, 0.15) is 11.5 Å². The molecule has 4 rings (SSSR count). The van der Waals surface area contributed by atoms with Crippen molar-refractivity contribution < 1.29 is 28.1 Å². The average Bonchev–Trinajstić information content (AvgIpc) is 3.22. The number of aromatic nitrogens is 1. The van der Waals surface area contributed by atoms with Crippen LogP contribution in [0.25, 0.3) is 11.3 Å². The molecule has 1 aliphatic rings. The third-order valence-corrected chi connectivity index (χ3v) is 3.76. The fourth-order valence-corrected chi connectivity index (χ4v) is 2.53. The van der Waals surface area contributed by atoms with Gasteiger partial charge >= 0.3 is 5.97 Å². The summed E-state index contributed by atoms with van der Waals surface area (Å²) < 4.78 is 18.2. The number of amides is 2. The van der Waals surface area contributed by atoms with E-state index in [1.165, 1.54) is 36.4 Å². The normalized spacial score (nSPS) is 13.0. The van der Waals surface area contributed by atoms with Gasteiger partial charge in [-0.1, -0.05) is 34.5 Å². The summed E-state index contributed by atoms with van der Waals surface area (Å²) in [5.41, 5.74) is 0.888. The molecule has 0 aliphatic carbocycles. The SMILES string of the molecule is O=C(ON1C(=O)c2ccccc2C1=O)c1cc(-c2cccc(F)c2)no1. The van der Waals surface area contributed by atoms with Crippen LogP contribution in [0.4, 0.5) is 4.39 Å². The highest BCUT2D eigenvalue weighted by Crippen LogP contribution is 2.24. The van der Waals surface area contributed by atoms with Gasteiger partial charge in [-0.25, -0.2) is 9.18 Å². The summed E-state index contributed by atoms with van der Waals surface area (Å²) in [6.45, 7) is 0. The Morgan fingerprint density at radius 2 is 1.69 bits per heavy atom. The van der Waals surface area contributed by atoms with E-state index in [9.17, 15) is 18.8 Å². The van der Waals surface area contributed by atoms with Crippen molar-refractivity contribution in [3.05, 3.63) is 77.3 Å². The van der Waals surface area contributed by atoms with E-state index in [-0.39, 0.29) is 22.6 Å². The summed E-state index contributed by atoms with van der Waals surface area (Å²) in [5, 5.41) is 4.04. The maximum atomic E-state index is 13.3. The number of rotatable bonds is 3.